The van der Waals surface area contributed by atoms with E-state index in [4.69, 9.17) is 20.6 Å². The summed E-state index contributed by atoms with van der Waals surface area (Å²) in [4.78, 5) is 13.6. The van der Waals surface area contributed by atoms with Crippen molar-refractivity contribution in [2.75, 3.05) is 11.9 Å². The number of nitrogens with two attached hydrogens (primary N) is 1. The number of hydrogen-bond acceptors (Lipinski definition) is 10. The number of amides is 1. The lowest BCUT2D eigenvalue weighted by molar-refractivity contribution is -0.124. The van der Waals surface area contributed by atoms with Crippen LogP contribution in [-0.4, -0.2) is 50.2 Å². The molecule has 4 aromatic rings. The number of rotatable bonds is 13. The number of nitrogens with one attached hydrogen (secondary N) is 5. The number of aliphatic hydroxyl groups is 1. The molecule has 0 fully saturated rings. The molecule has 214 valence electrons. The molecule has 2 atom stereocenters. The summed E-state index contributed by atoms with van der Waals surface area (Å²) in [6.07, 6.45) is -1.36. The molecule has 0 bridgehead atoms. The van der Waals surface area contributed by atoms with E-state index in [2.05, 4.69) is 36.8 Å². The Morgan fingerprint density at radius 2 is 1.85 bits per heavy atom. The maximum absolute atomic E-state index is 13.6. The Kier molecular flexibility index (Phi) is 9.45. The van der Waals surface area contributed by atoms with Crippen molar-refractivity contribution in [1.29, 1.82) is 5.41 Å². The lowest BCUT2D eigenvalue weighted by Crippen LogP contribution is -2.44. The standard InChI is InChI=1S/C28H33N9O4/c1-4-40-23-15-18(11-14-22(23)41-16(2)3)24(31-19-12-9-17(10-13-19)25(29)30)28(39)35-34-27(38)21-8-6-5-7-20(21)26-32-36-37-33-26/h5-16,24,27,31,34,38H,4H2,1-3H3,(H3,29,30)(H,35,39)(H,32,33,36,37). The highest BCUT2D eigenvalue weighted by Gasteiger charge is 2.24. The fourth-order valence-electron chi connectivity index (χ4n) is 4.04. The number of aromatic nitrogens is 4. The summed E-state index contributed by atoms with van der Waals surface area (Å²) in [7, 11) is 0. The van der Waals surface area contributed by atoms with Gasteiger partial charge in [0.2, 0.25) is 5.82 Å². The van der Waals surface area contributed by atoms with Gasteiger partial charge in [0.1, 0.15) is 18.1 Å². The molecule has 8 N–H and O–H groups in total. The normalized spacial score (nSPS) is 12.4. The second-order valence-corrected chi connectivity index (χ2v) is 9.23. The van der Waals surface area contributed by atoms with Crippen molar-refractivity contribution in [3.63, 3.8) is 0 Å². The van der Waals surface area contributed by atoms with Crippen LogP contribution < -0.4 is 31.4 Å². The van der Waals surface area contributed by atoms with Crippen LogP contribution in [0.3, 0.4) is 0 Å². The molecule has 3 aromatic carbocycles. The van der Waals surface area contributed by atoms with E-state index >= 15 is 0 Å². The van der Waals surface area contributed by atoms with Crippen molar-refractivity contribution in [3.8, 4) is 22.9 Å². The van der Waals surface area contributed by atoms with Crippen LogP contribution in [0.4, 0.5) is 5.69 Å². The van der Waals surface area contributed by atoms with Crippen molar-refractivity contribution < 1.29 is 19.4 Å². The molecule has 0 aliphatic rings. The lowest BCUT2D eigenvalue weighted by Gasteiger charge is -2.23. The van der Waals surface area contributed by atoms with Crippen molar-refractivity contribution in [1.82, 2.24) is 31.5 Å². The van der Waals surface area contributed by atoms with Gasteiger partial charge in [-0.15, -0.1) is 10.2 Å². The highest BCUT2D eigenvalue weighted by atomic mass is 16.5. The topological polar surface area (TPSA) is 196 Å². The molecule has 13 heteroatoms. The van der Waals surface area contributed by atoms with Gasteiger partial charge >= 0.3 is 0 Å². The quantitative estimate of drug-likeness (QED) is 0.0553. The minimum Gasteiger partial charge on any atom is -0.490 e. The number of carbonyl (C=O) groups is 1. The van der Waals surface area contributed by atoms with Gasteiger partial charge in [-0.3, -0.25) is 15.6 Å². The van der Waals surface area contributed by atoms with Crippen LogP contribution in [-0.2, 0) is 4.79 Å². The Hall–Kier alpha value is -5.01. The van der Waals surface area contributed by atoms with Crippen LogP contribution in [0, 0.1) is 5.41 Å². The second-order valence-electron chi connectivity index (χ2n) is 9.23. The van der Waals surface area contributed by atoms with Gasteiger partial charge in [0.05, 0.1) is 12.7 Å². The van der Waals surface area contributed by atoms with E-state index in [9.17, 15) is 9.90 Å². The summed E-state index contributed by atoms with van der Waals surface area (Å²) < 4.78 is 11.7. The molecule has 0 spiro atoms. The van der Waals surface area contributed by atoms with E-state index in [0.29, 0.717) is 51.9 Å². The molecule has 1 amide bonds. The van der Waals surface area contributed by atoms with E-state index in [-0.39, 0.29) is 11.9 Å². The highest BCUT2D eigenvalue weighted by Crippen LogP contribution is 2.33. The molecule has 0 aliphatic carbocycles. The van der Waals surface area contributed by atoms with E-state index in [0.717, 1.165) is 0 Å². The van der Waals surface area contributed by atoms with Gasteiger partial charge < -0.3 is 25.6 Å². The van der Waals surface area contributed by atoms with E-state index in [1.807, 2.05) is 20.8 Å². The minimum atomic E-state index is -1.29. The first-order valence-electron chi connectivity index (χ1n) is 13.0. The van der Waals surface area contributed by atoms with Crippen molar-refractivity contribution >= 4 is 17.4 Å². The molecule has 4 rings (SSSR count). The summed E-state index contributed by atoms with van der Waals surface area (Å²) in [6.45, 7) is 6.10. The Morgan fingerprint density at radius 1 is 1.10 bits per heavy atom. The van der Waals surface area contributed by atoms with Crippen LogP contribution >= 0.6 is 0 Å². The number of benzene rings is 3. The average molecular weight is 560 g/mol. The number of carbonyl (C=O) groups excluding carboxylic acids is 1. The number of amidine groups is 1. The van der Waals surface area contributed by atoms with Crippen LogP contribution in [0.2, 0.25) is 0 Å². The summed E-state index contributed by atoms with van der Waals surface area (Å²) in [6, 6.07) is 18.1. The fraction of sp³-hybridized carbons (Fsp3) is 0.250. The predicted octanol–water partition coefficient (Wildman–Crippen LogP) is 2.80. The zero-order chi connectivity index (χ0) is 29.4. The van der Waals surface area contributed by atoms with E-state index in [1.165, 1.54) is 0 Å². The van der Waals surface area contributed by atoms with Crippen LogP contribution in [0.25, 0.3) is 11.4 Å². The van der Waals surface area contributed by atoms with Gasteiger partial charge in [-0.25, -0.2) is 5.43 Å². The highest BCUT2D eigenvalue weighted by molar-refractivity contribution is 5.95. The van der Waals surface area contributed by atoms with Gasteiger partial charge in [0.25, 0.3) is 5.91 Å². The Balaban J connectivity index is 1.60. The first-order valence-corrected chi connectivity index (χ1v) is 13.0. The summed E-state index contributed by atoms with van der Waals surface area (Å²) in [5.41, 5.74) is 13.6. The third-order valence-electron chi connectivity index (χ3n) is 5.91. The Morgan fingerprint density at radius 3 is 2.51 bits per heavy atom. The first-order chi connectivity index (χ1) is 19.8. The molecular weight excluding hydrogens is 526 g/mol. The molecule has 0 saturated carbocycles. The second kappa shape index (κ2) is 13.4. The molecule has 1 aromatic heterocycles. The Labute approximate surface area is 236 Å². The third-order valence-corrected chi connectivity index (χ3v) is 5.91. The number of hydrogen-bond donors (Lipinski definition) is 7. The third kappa shape index (κ3) is 7.35. The number of ether oxygens (including phenoxy) is 2. The summed E-state index contributed by atoms with van der Waals surface area (Å²) >= 11 is 0. The maximum atomic E-state index is 13.6. The lowest BCUT2D eigenvalue weighted by atomic mass is 10.0. The fourth-order valence-corrected chi connectivity index (χ4v) is 4.04. The van der Waals surface area contributed by atoms with Crippen molar-refractivity contribution in [2.24, 2.45) is 5.73 Å². The number of aliphatic hydroxyl groups excluding tert-OH is 1. The van der Waals surface area contributed by atoms with Gasteiger partial charge in [-0.1, -0.05) is 30.3 Å². The largest absolute Gasteiger partial charge is 0.490 e. The summed E-state index contributed by atoms with van der Waals surface area (Å²) in [5, 5.41) is 35.7. The first kappa shape index (κ1) is 29.0. The molecule has 13 nitrogen and oxygen atoms in total. The number of H-pyrrole nitrogens is 1. The summed E-state index contributed by atoms with van der Waals surface area (Å²) in [5.74, 6) is 0.798. The smallest absolute Gasteiger partial charge is 0.261 e. The molecule has 0 radical (unpaired) electrons. The maximum Gasteiger partial charge on any atom is 0.261 e. The number of tetrazole rings is 1. The van der Waals surface area contributed by atoms with E-state index < -0.39 is 18.2 Å². The van der Waals surface area contributed by atoms with Crippen molar-refractivity contribution in [3.05, 3.63) is 83.4 Å². The SMILES string of the molecule is CCOc1cc(C(Nc2ccc(C(=N)N)cc2)C(=O)NNC(O)c2ccccc2-c2nn[nH]n2)ccc1OC(C)C. The molecule has 0 saturated heterocycles. The minimum absolute atomic E-state index is 0.0628. The molecule has 0 aliphatic heterocycles. The van der Waals surface area contributed by atoms with Crippen LogP contribution in [0.1, 0.15) is 49.7 Å². The predicted molar refractivity (Wildman–Crippen MR) is 153 cm³/mol. The molecular formula is C28H33N9O4. The van der Waals surface area contributed by atoms with Crippen molar-refractivity contribution in [2.45, 2.75) is 39.1 Å². The molecule has 41 heavy (non-hydrogen) atoms. The van der Waals surface area contributed by atoms with Gasteiger partial charge in [0.15, 0.2) is 11.5 Å². The number of hydrazine groups is 1. The van der Waals surface area contributed by atoms with Gasteiger partial charge in [-0.2, -0.15) is 5.21 Å². The van der Waals surface area contributed by atoms with Crippen LogP contribution in [0.15, 0.2) is 66.7 Å². The molecule has 2 unspecified atom stereocenters. The van der Waals surface area contributed by atoms with Gasteiger partial charge in [-0.05, 0) is 67.9 Å². The van der Waals surface area contributed by atoms with Crippen LogP contribution in [0.5, 0.6) is 11.5 Å². The zero-order valence-electron chi connectivity index (χ0n) is 22.9. The number of aromatic amines is 1. The molecule has 1 heterocycles. The van der Waals surface area contributed by atoms with E-state index in [1.54, 1.807) is 66.7 Å². The Bertz CT molecular complexity index is 1460. The monoisotopic (exact) mass is 559 g/mol. The number of nitrogens with zero attached hydrogens (tertiary/aromatic N) is 3. The number of anilines is 1. The van der Waals surface area contributed by atoms with Gasteiger partial charge in [0, 0.05) is 22.4 Å². The average Bonchev–Trinajstić information content (AvgIpc) is 3.51. The zero-order valence-corrected chi connectivity index (χ0v) is 22.9. The number of nitrogen functional groups attached to an aromatic ring is 1.